The van der Waals surface area contributed by atoms with Gasteiger partial charge >= 0.3 is 11.9 Å². The summed E-state index contributed by atoms with van der Waals surface area (Å²) in [4.78, 5) is 49.3. The van der Waals surface area contributed by atoms with Crippen molar-refractivity contribution in [2.45, 2.75) is 0 Å². The quantitative estimate of drug-likeness (QED) is 0.517. The highest BCUT2D eigenvalue weighted by Gasteiger charge is 2.35. The van der Waals surface area contributed by atoms with Crippen molar-refractivity contribution in [3.05, 3.63) is 64.2 Å². The second kappa shape index (κ2) is 6.99. The van der Waals surface area contributed by atoms with E-state index in [2.05, 4.69) is 9.47 Å². The summed E-state index contributed by atoms with van der Waals surface area (Å²) in [6.07, 6.45) is 0.799. The van der Waals surface area contributed by atoms with E-state index in [0.717, 1.165) is 20.3 Å². The molecule has 0 fully saturated rings. The number of carbonyl (C=O) groups excluding carboxylic acids is 4. The summed E-state index contributed by atoms with van der Waals surface area (Å²) in [7, 11) is 2.17. The molecule has 8 heteroatoms. The molecule has 0 aromatic heterocycles. The van der Waals surface area contributed by atoms with E-state index in [1.165, 1.54) is 30.3 Å². The maximum absolute atomic E-state index is 12.9. The van der Waals surface area contributed by atoms with Crippen LogP contribution >= 0.6 is 0 Å². The molecule has 0 bridgehead atoms. The molecule has 2 aromatic carbocycles. The van der Waals surface area contributed by atoms with Crippen LogP contribution < -0.4 is 0 Å². The van der Waals surface area contributed by atoms with Crippen LogP contribution in [0.2, 0.25) is 0 Å². The number of benzene rings is 2. The van der Waals surface area contributed by atoms with Gasteiger partial charge in [-0.2, -0.15) is 0 Å². The van der Waals surface area contributed by atoms with E-state index in [0.29, 0.717) is 0 Å². The SMILES string of the molecule is COC(=O)/C=C(/C(=O)OC)c1ccc2c(c1O)C(=O)c1c(O)cccc1C2=O. The first kappa shape index (κ1) is 18.8. The molecule has 2 aromatic rings. The van der Waals surface area contributed by atoms with Crippen LogP contribution in [0.5, 0.6) is 11.5 Å². The van der Waals surface area contributed by atoms with Crippen molar-refractivity contribution in [1.82, 2.24) is 0 Å². The van der Waals surface area contributed by atoms with Gasteiger partial charge < -0.3 is 19.7 Å². The van der Waals surface area contributed by atoms with Crippen LogP contribution in [0.25, 0.3) is 5.57 Å². The van der Waals surface area contributed by atoms with Gasteiger partial charge in [-0.15, -0.1) is 0 Å². The predicted octanol–water partition coefficient (Wildman–Crippen LogP) is 1.60. The van der Waals surface area contributed by atoms with Crippen LogP contribution in [0.15, 0.2) is 36.4 Å². The lowest BCUT2D eigenvalue weighted by Gasteiger charge is -2.20. The fourth-order valence-corrected chi connectivity index (χ4v) is 3.00. The second-order valence-corrected chi connectivity index (χ2v) is 5.81. The Morgan fingerprint density at radius 2 is 1.57 bits per heavy atom. The van der Waals surface area contributed by atoms with Crippen molar-refractivity contribution in [1.29, 1.82) is 0 Å². The summed E-state index contributed by atoms with van der Waals surface area (Å²) in [5, 5.41) is 20.7. The second-order valence-electron chi connectivity index (χ2n) is 5.81. The first-order chi connectivity index (χ1) is 13.3. The third-order valence-corrected chi connectivity index (χ3v) is 4.32. The molecule has 0 aliphatic heterocycles. The van der Waals surface area contributed by atoms with Gasteiger partial charge in [0.1, 0.15) is 11.5 Å². The van der Waals surface area contributed by atoms with Crippen LogP contribution in [-0.2, 0) is 19.1 Å². The Labute approximate surface area is 158 Å². The average Bonchev–Trinajstić information content (AvgIpc) is 2.69. The number of carbonyl (C=O) groups is 4. The lowest BCUT2D eigenvalue weighted by atomic mass is 9.81. The molecule has 2 N–H and O–H groups in total. The molecular weight excluding hydrogens is 368 g/mol. The molecule has 0 spiro atoms. The Morgan fingerprint density at radius 3 is 2.21 bits per heavy atom. The summed E-state index contributed by atoms with van der Waals surface area (Å²) in [5.74, 6) is -4.31. The molecule has 1 aliphatic rings. The first-order valence-corrected chi connectivity index (χ1v) is 7.97. The van der Waals surface area contributed by atoms with Crippen molar-refractivity contribution >= 4 is 29.1 Å². The van der Waals surface area contributed by atoms with Crippen molar-refractivity contribution in [3.8, 4) is 11.5 Å². The summed E-state index contributed by atoms with van der Waals surface area (Å²) in [6.45, 7) is 0. The molecule has 0 radical (unpaired) electrons. The number of phenols is 2. The topological polar surface area (TPSA) is 127 Å². The Kier molecular flexibility index (Phi) is 4.70. The smallest absolute Gasteiger partial charge is 0.338 e. The number of rotatable bonds is 3. The van der Waals surface area contributed by atoms with Gasteiger partial charge in [0.15, 0.2) is 5.78 Å². The van der Waals surface area contributed by atoms with Gasteiger partial charge in [-0.05, 0) is 18.2 Å². The van der Waals surface area contributed by atoms with Gasteiger partial charge in [-0.25, -0.2) is 9.59 Å². The van der Waals surface area contributed by atoms with E-state index in [1.807, 2.05) is 0 Å². The van der Waals surface area contributed by atoms with E-state index < -0.39 is 35.0 Å². The maximum atomic E-state index is 12.9. The van der Waals surface area contributed by atoms with E-state index in [1.54, 1.807) is 0 Å². The van der Waals surface area contributed by atoms with Crippen molar-refractivity contribution in [2.75, 3.05) is 14.2 Å². The maximum Gasteiger partial charge on any atom is 0.338 e. The summed E-state index contributed by atoms with van der Waals surface area (Å²) < 4.78 is 9.11. The minimum atomic E-state index is -0.960. The summed E-state index contributed by atoms with van der Waals surface area (Å²) >= 11 is 0. The number of methoxy groups -OCH3 is 2. The van der Waals surface area contributed by atoms with Gasteiger partial charge in [0.05, 0.1) is 30.9 Å². The molecule has 0 saturated carbocycles. The number of hydrogen-bond acceptors (Lipinski definition) is 8. The minimum Gasteiger partial charge on any atom is -0.507 e. The van der Waals surface area contributed by atoms with Crippen molar-refractivity contribution < 1.29 is 38.9 Å². The summed E-state index contributed by atoms with van der Waals surface area (Å²) in [6, 6.07) is 6.53. The molecule has 1 aliphatic carbocycles. The van der Waals surface area contributed by atoms with Gasteiger partial charge in [0, 0.05) is 22.8 Å². The highest BCUT2D eigenvalue weighted by molar-refractivity contribution is 6.31. The molecule has 0 amide bonds. The van der Waals surface area contributed by atoms with E-state index in [9.17, 15) is 29.4 Å². The highest BCUT2D eigenvalue weighted by atomic mass is 16.5. The highest BCUT2D eigenvalue weighted by Crippen LogP contribution is 2.40. The Morgan fingerprint density at radius 1 is 0.893 bits per heavy atom. The number of ether oxygens (including phenoxy) is 2. The normalized spacial score (nSPS) is 12.9. The van der Waals surface area contributed by atoms with Crippen LogP contribution in [0.3, 0.4) is 0 Å². The van der Waals surface area contributed by atoms with Crippen LogP contribution in [-0.4, -0.2) is 47.9 Å². The lowest BCUT2D eigenvalue weighted by molar-refractivity contribution is -0.136. The fraction of sp³-hybridized carbons (Fsp3) is 0.100. The standard InChI is InChI=1S/C20H14O8/c1-27-14(22)8-12(20(26)28-2)9-6-7-11-16(18(9)24)19(25)15-10(17(11)23)4-3-5-13(15)21/h3-8,21,24H,1-2H3/b12-8+. The van der Waals surface area contributed by atoms with E-state index in [-0.39, 0.29) is 33.4 Å². The predicted molar refractivity (Wildman–Crippen MR) is 95.1 cm³/mol. The van der Waals surface area contributed by atoms with E-state index in [4.69, 9.17) is 0 Å². The van der Waals surface area contributed by atoms with Crippen LogP contribution in [0, 0.1) is 0 Å². The van der Waals surface area contributed by atoms with Crippen LogP contribution in [0.4, 0.5) is 0 Å². The Hall–Kier alpha value is -3.94. The number of esters is 2. The zero-order valence-electron chi connectivity index (χ0n) is 14.8. The molecule has 28 heavy (non-hydrogen) atoms. The molecule has 142 valence electrons. The molecular formula is C20H14O8. The lowest BCUT2D eigenvalue weighted by Crippen LogP contribution is -2.22. The zero-order chi connectivity index (χ0) is 20.6. The number of fused-ring (bicyclic) bond motifs is 2. The zero-order valence-corrected chi connectivity index (χ0v) is 14.8. The minimum absolute atomic E-state index is 0.00273. The molecule has 8 nitrogen and oxygen atoms in total. The van der Waals surface area contributed by atoms with Gasteiger partial charge in [0.2, 0.25) is 5.78 Å². The molecule has 0 heterocycles. The van der Waals surface area contributed by atoms with Crippen LogP contribution in [0.1, 0.15) is 37.4 Å². The number of phenolic OH excluding ortho intramolecular Hbond substituents is 2. The van der Waals surface area contributed by atoms with Crippen molar-refractivity contribution in [2.24, 2.45) is 0 Å². The summed E-state index contributed by atoms with van der Waals surface area (Å²) in [5.41, 5.74) is -1.27. The number of ketones is 2. The third-order valence-electron chi connectivity index (χ3n) is 4.32. The van der Waals surface area contributed by atoms with Crippen molar-refractivity contribution in [3.63, 3.8) is 0 Å². The fourth-order valence-electron chi connectivity index (χ4n) is 3.00. The molecule has 0 unspecified atom stereocenters. The largest absolute Gasteiger partial charge is 0.507 e. The number of hydrogen-bond donors (Lipinski definition) is 2. The van der Waals surface area contributed by atoms with Gasteiger partial charge in [-0.1, -0.05) is 12.1 Å². The molecule has 0 saturated heterocycles. The third kappa shape index (κ3) is 2.81. The number of aromatic hydroxyl groups is 2. The molecule has 0 atom stereocenters. The first-order valence-electron chi connectivity index (χ1n) is 7.97. The molecule has 3 rings (SSSR count). The average molecular weight is 382 g/mol. The Bertz CT molecular complexity index is 1080. The van der Waals surface area contributed by atoms with E-state index >= 15 is 0 Å². The van der Waals surface area contributed by atoms with Gasteiger partial charge in [-0.3, -0.25) is 9.59 Å². The Balaban J connectivity index is 2.27. The van der Waals surface area contributed by atoms with Gasteiger partial charge in [0.25, 0.3) is 0 Å². The monoisotopic (exact) mass is 382 g/mol.